The van der Waals surface area contributed by atoms with Crippen LogP contribution in [0.3, 0.4) is 0 Å². The van der Waals surface area contributed by atoms with Crippen LogP contribution in [0, 0.1) is 17.5 Å². The van der Waals surface area contributed by atoms with Crippen LogP contribution >= 0.6 is 11.6 Å². The summed E-state index contributed by atoms with van der Waals surface area (Å²) >= 11 is 5.36. The number of hydrogen-bond acceptors (Lipinski definition) is 1. The van der Waals surface area contributed by atoms with Crippen molar-refractivity contribution in [2.75, 3.05) is 0 Å². The standard InChI is InChI=1S/C11H8ClF3O2/c12-9-6(14)3-5(13)8(10(9)15)11(1-2-11)4-7(16)17/h3H,1-2,4H2,(H,16,17). The van der Waals surface area contributed by atoms with Crippen molar-refractivity contribution < 1.29 is 23.1 Å². The van der Waals surface area contributed by atoms with E-state index in [4.69, 9.17) is 16.7 Å². The van der Waals surface area contributed by atoms with Gasteiger partial charge in [-0.25, -0.2) is 13.2 Å². The van der Waals surface area contributed by atoms with Gasteiger partial charge < -0.3 is 5.11 Å². The smallest absolute Gasteiger partial charge is 0.304 e. The number of carboxylic acids is 1. The van der Waals surface area contributed by atoms with E-state index in [1.54, 1.807) is 0 Å². The van der Waals surface area contributed by atoms with Gasteiger partial charge in [0, 0.05) is 17.0 Å². The van der Waals surface area contributed by atoms with E-state index in [0.29, 0.717) is 18.9 Å². The highest BCUT2D eigenvalue weighted by atomic mass is 35.5. The number of halogens is 4. The molecular weight excluding hydrogens is 257 g/mol. The van der Waals surface area contributed by atoms with Crippen molar-refractivity contribution in [3.8, 4) is 0 Å². The van der Waals surface area contributed by atoms with E-state index in [-0.39, 0.29) is 6.42 Å². The van der Waals surface area contributed by atoms with Crippen LogP contribution in [0.5, 0.6) is 0 Å². The fraction of sp³-hybridized carbons (Fsp3) is 0.364. The zero-order valence-electron chi connectivity index (χ0n) is 8.57. The number of rotatable bonds is 3. The maximum Gasteiger partial charge on any atom is 0.304 e. The van der Waals surface area contributed by atoms with Gasteiger partial charge in [-0.1, -0.05) is 11.6 Å². The zero-order valence-corrected chi connectivity index (χ0v) is 9.32. The molecule has 2 rings (SSSR count). The van der Waals surface area contributed by atoms with Crippen molar-refractivity contribution in [3.63, 3.8) is 0 Å². The quantitative estimate of drug-likeness (QED) is 0.672. The molecule has 1 N–H and O–H groups in total. The lowest BCUT2D eigenvalue weighted by Crippen LogP contribution is -2.17. The molecule has 0 unspecified atom stereocenters. The Bertz CT molecular complexity index is 498. The van der Waals surface area contributed by atoms with Crippen molar-refractivity contribution in [1.29, 1.82) is 0 Å². The van der Waals surface area contributed by atoms with Crippen LogP contribution < -0.4 is 0 Å². The number of carbonyl (C=O) groups is 1. The summed E-state index contributed by atoms with van der Waals surface area (Å²) in [5.41, 5.74) is -1.48. The van der Waals surface area contributed by atoms with Crippen molar-refractivity contribution in [2.24, 2.45) is 0 Å². The van der Waals surface area contributed by atoms with Crippen LogP contribution in [0.2, 0.25) is 5.02 Å². The predicted octanol–water partition coefficient (Wildman–Crippen LogP) is 3.26. The molecule has 1 aliphatic rings. The van der Waals surface area contributed by atoms with Crippen LogP contribution in [0.15, 0.2) is 6.07 Å². The summed E-state index contributed by atoms with van der Waals surface area (Å²) in [6.45, 7) is 0. The van der Waals surface area contributed by atoms with Gasteiger partial charge in [0.25, 0.3) is 0 Å². The Balaban J connectivity index is 2.53. The predicted molar refractivity (Wildman–Crippen MR) is 54.5 cm³/mol. The Hall–Kier alpha value is -1.23. The second-order valence-corrected chi connectivity index (χ2v) is 4.57. The minimum absolute atomic E-state index is 0.356. The molecular formula is C11H8ClF3O2. The second kappa shape index (κ2) is 3.91. The molecule has 0 saturated heterocycles. The molecule has 1 aliphatic carbocycles. The summed E-state index contributed by atoms with van der Waals surface area (Å²) < 4.78 is 40.2. The average Bonchev–Trinajstić information content (AvgIpc) is 2.94. The Labute approximate surface area is 100 Å². The van der Waals surface area contributed by atoms with Crippen LogP contribution in [-0.2, 0) is 10.2 Å². The number of aliphatic carboxylic acids is 1. The molecule has 1 saturated carbocycles. The highest BCUT2D eigenvalue weighted by molar-refractivity contribution is 6.31. The molecule has 2 nitrogen and oxygen atoms in total. The topological polar surface area (TPSA) is 37.3 Å². The maximum absolute atomic E-state index is 13.7. The fourth-order valence-electron chi connectivity index (χ4n) is 2.01. The fourth-order valence-corrected chi connectivity index (χ4v) is 2.16. The molecule has 17 heavy (non-hydrogen) atoms. The summed E-state index contributed by atoms with van der Waals surface area (Å²) in [6, 6.07) is 0.489. The summed E-state index contributed by atoms with van der Waals surface area (Å²) in [5, 5.41) is 7.91. The normalized spacial score (nSPS) is 16.9. The number of benzene rings is 1. The maximum atomic E-state index is 13.7. The molecule has 92 valence electrons. The van der Waals surface area contributed by atoms with Gasteiger partial charge in [0.15, 0.2) is 5.82 Å². The molecule has 0 heterocycles. The van der Waals surface area contributed by atoms with Crippen molar-refractivity contribution >= 4 is 17.6 Å². The van der Waals surface area contributed by atoms with Crippen LogP contribution in [0.25, 0.3) is 0 Å². The first-order chi connectivity index (χ1) is 7.87. The first kappa shape index (κ1) is 12.2. The number of carboxylic acid groups (broad SMARTS) is 1. The summed E-state index contributed by atoms with van der Waals surface area (Å²) in [5.74, 6) is -4.61. The third-order valence-corrected chi connectivity index (χ3v) is 3.33. The largest absolute Gasteiger partial charge is 0.481 e. The monoisotopic (exact) mass is 264 g/mol. The van der Waals surface area contributed by atoms with Crippen molar-refractivity contribution in [3.05, 3.63) is 34.1 Å². The van der Waals surface area contributed by atoms with Gasteiger partial charge in [0.2, 0.25) is 0 Å². The number of hydrogen-bond donors (Lipinski definition) is 1. The molecule has 0 radical (unpaired) electrons. The van der Waals surface area contributed by atoms with Gasteiger partial charge in [0.1, 0.15) is 16.7 Å². The Morgan fingerprint density at radius 1 is 1.35 bits per heavy atom. The molecule has 1 aromatic carbocycles. The van der Waals surface area contributed by atoms with E-state index < -0.39 is 39.4 Å². The average molecular weight is 265 g/mol. The zero-order chi connectivity index (χ0) is 12.8. The third-order valence-electron chi connectivity index (χ3n) is 2.99. The highest BCUT2D eigenvalue weighted by Crippen LogP contribution is 2.53. The lowest BCUT2D eigenvalue weighted by atomic mass is 9.91. The Morgan fingerprint density at radius 2 is 1.94 bits per heavy atom. The molecule has 0 aromatic heterocycles. The summed E-state index contributed by atoms with van der Waals surface area (Å²) in [7, 11) is 0. The van der Waals surface area contributed by atoms with Gasteiger partial charge in [0.05, 0.1) is 6.42 Å². The van der Waals surface area contributed by atoms with E-state index in [0.717, 1.165) is 0 Å². The molecule has 0 aliphatic heterocycles. The van der Waals surface area contributed by atoms with Gasteiger partial charge in [-0.15, -0.1) is 0 Å². The lowest BCUT2D eigenvalue weighted by molar-refractivity contribution is -0.137. The molecule has 6 heteroatoms. The Morgan fingerprint density at radius 3 is 2.41 bits per heavy atom. The molecule has 1 fully saturated rings. The van der Waals surface area contributed by atoms with E-state index in [2.05, 4.69) is 0 Å². The van der Waals surface area contributed by atoms with Crippen LogP contribution in [-0.4, -0.2) is 11.1 Å². The van der Waals surface area contributed by atoms with E-state index in [1.165, 1.54) is 0 Å². The lowest BCUT2D eigenvalue weighted by Gasteiger charge is -2.16. The van der Waals surface area contributed by atoms with Crippen molar-refractivity contribution in [2.45, 2.75) is 24.7 Å². The van der Waals surface area contributed by atoms with Crippen LogP contribution in [0.4, 0.5) is 13.2 Å². The molecule has 0 spiro atoms. The minimum Gasteiger partial charge on any atom is -0.481 e. The van der Waals surface area contributed by atoms with Gasteiger partial charge >= 0.3 is 5.97 Å². The molecule has 1 aromatic rings. The SMILES string of the molecule is O=C(O)CC1(c2c(F)cc(F)c(Cl)c2F)CC1. The molecule has 0 atom stereocenters. The van der Waals surface area contributed by atoms with Crippen LogP contribution in [0.1, 0.15) is 24.8 Å². The van der Waals surface area contributed by atoms with Gasteiger partial charge in [-0.2, -0.15) is 0 Å². The highest BCUT2D eigenvalue weighted by Gasteiger charge is 2.50. The third kappa shape index (κ3) is 1.99. The summed E-state index contributed by atoms with van der Waals surface area (Å²) in [4.78, 5) is 10.7. The van der Waals surface area contributed by atoms with Gasteiger partial charge in [-0.05, 0) is 12.8 Å². The first-order valence-corrected chi connectivity index (χ1v) is 5.30. The summed E-state index contributed by atoms with van der Waals surface area (Å²) in [6.07, 6.45) is 0.326. The van der Waals surface area contributed by atoms with E-state index >= 15 is 0 Å². The minimum atomic E-state index is -1.19. The molecule has 0 amide bonds. The van der Waals surface area contributed by atoms with Crippen molar-refractivity contribution in [1.82, 2.24) is 0 Å². The van der Waals surface area contributed by atoms with E-state index in [9.17, 15) is 18.0 Å². The Kier molecular flexibility index (Phi) is 2.81. The first-order valence-electron chi connectivity index (χ1n) is 4.93. The van der Waals surface area contributed by atoms with E-state index in [1.807, 2.05) is 0 Å². The molecule has 0 bridgehead atoms. The van der Waals surface area contributed by atoms with Gasteiger partial charge in [-0.3, -0.25) is 4.79 Å². The second-order valence-electron chi connectivity index (χ2n) is 4.19.